The molecule has 1 rings (SSSR count). The molecular weight excluding hydrogens is 268 g/mol. The van der Waals surface area contributed by atoms with E-state index in [0.29, 0.717) is 5.16 Å². The number of thioether (sulfide) groups is 1. The molecule has 0 bridgehead atoms. The molecule has 0 aromatic carbocycles. The molecule has 14 heavy (non-hydrogen) atoms. The quantitative estimate of drug-likeness (QED) is 0.677. The lowest BCUT2D eigenvalue weighted by atomic mass is 10.5. The zero-order chi connectivity index (χ0) is 10.7. The zero-order valence-electron chi connectivity index (χ0n) is 7.69. The van der Waals surface area contributed by atoms with Gasteiger partial charge in [-0.2, -0.15) is 0 Å². The molecular formula is C8H9BrN2O2S. The summed E-state index contributed by atoms with van der Waals surface area (Å²) in [5.74, 6) is -0.862. The van der Waals surface area contributed by atoms with Crippen LogP contribution in [0.15, 0.2) is 15.8 Å². The number of nitrogens with zero attached hydrogens (tertiary/aromatic N) is 2. The van der Waals surface area contributed by atoms with Gasteiger partial charge in [0.15, 0.2) is 5.16 Å². The Labute approximate surface area is 94.3 Å². The Morgan fingerprint density at radius 1 is 1.71 bits per heavy atom. The van der Waals surface area contributed by atoms with Gasteiger partial charge >= 0.3 is 5.97 Å². The number of aromatic nitrogens is 2. The van der Waals surface area contributed by atoms with Gasteiger partial charge in [0.2, 0.25) is 0 Å². The summed E-state index contributed by atoms with van der Waals surface area (Å²) in [4.78, 5) is 18.7. The Balaban J connectivity index is 2.78. The fraction of sp³-hybridized carbons (Fsp3) is 0.375. The van der Waals surface area contributed by atoms with Crippen molar-refractivity contribution < 1.29 is 9.90 Å². The van der Waals surface area contributed by atoms with Crippen molar-refractivity contribution in [1.82, 2.24) is 9.97 Å². The lowest BCUT2D eigenvalue weighted by Crippen LogP contribution is -2.12. The van der Waals surface area contributed by atoms with Crippen molar-refractivity contribution in [1.29, 1.82) is 0 Å². The number of carboxylic acid groups (broad SMARTS) is 1. The highest BCUT2D eigenvalue weighted by molar-refractivity contribution is 9.10. The van der Waals surface area contributed by atoms with E-state index in [1.807, 2.05) is 6.92 Å². The molecule has 0 radical (unpaired) electrons. The van der Waals surface area contributed by atoms with E-state index in [4.69, 9.17) is 5.11 Å². The van der Waals surface area contributed by atoms with Gasteiger partial charge in [0.05, 0.1) is 10.2 Å². The van der Waals surface area contributed by atoms with Crippen LogP contribution in [0.1, 0.15) is 12.6 Å². The summed E-state index contributed by atoms with van der Waals surface area (Å²) in [6, 6.07) is 0. The summed E-state index contributed by atoms with van der Waals surface area (Å²) in [6.07, 6.45) is 1.62. The van der Waals surface area contributed by atoms with E-state index in [1.165, 1.54) is 0 Å². The molecule has 4 nitrogen and oxygen atoms in total. The molecule has 0 aliphatic rings. The smallest absolute Gasteiger partial charge is 0.316 e. The first-order valence-corrected chi connectivity index (χ1v) is 5.56. The summed E-state index contributed by atoms with van der Waals surface area (Å²) in [5, 5.41) is 8.64. The second kappa shape index (κ2) is 4.75. The van der Waals surface area contributed by atoms with Crippen LogP contribution in [0.2, 0.25) is 0 Å². The molecule has 0 spiro atoms. The van der Waals surface area contributed by atoms with Crippen molar-refractivity contribution in [2.75, 3.05) is 0 Å². The molecule has 0 aliphatic carbocycles. The molecule has 0 fully saturated rings. The molecule has 76 valence electrons. The molecule has 1 heterocycles. The van der Waals surface area contributed by atoms with E-state index < -0.39 is 11.2 Å². The number of carboxylic acids is 1. The maximum absolute atomic E-state index is 10.6. The van der Waals surface area contributed by atoms with Gasteiger partial charge in [0.1, 0.15) is 5.25 Å². The molecule has 1 aromatic rings. The van der Waals surface area contributed by atoms with Gasteiger partial charge in [0.25, 0.3) is 0 Å². The predicted octanol–water partition coefficient (Wildman–Crippen LogP) is 2.11. The Morgan fingerprint density at radius 3 is 2.86 bits per heavy atom. The first-order chi connectivity index (χ1) is 6.50. The van der Waals surface area contributed by atoms with Crippen LogP contribution in [0.4, 0.5) is 0 Å². The van der Waals surface area contributed by atoms with Gasteiger partial charge in [-0.3, -0.25) is 4.79 Å². The van der Waals surface area contributed by atoms with Crippen LogP contribution in [-0.4, -0.2) is 26.3 Å². The van der Waals surface area contributed by atoms with Gasteiger partial charge in [-0.1, -0.05) is 11.8 Å². The van der Waals surface area contributed by atoms with E-state index >= 15 is 0 Å². The molecule has 0 amide bonds. The molecule has 1 N–H and O–H groups in total. The fourth-order valence-corrected chi connectivity index (χ4v) is 1.61. The Morgan fingerprint density at radius 2 is 2.36 bits per heavy atom. The Hall–Kier alpha value is -0.620. The summed E-state index contributed by atoms with van der Waals surface area (Å²) in [6.45, 7) is 3.44. The van der Waals surface area contributed by atoms with E-state index in [0.717, 1.165) is 21.9 Å². The first-order valence-electron chi connectivity index (χ1n) is 3.89. The molecule has 1 atom stereocenters. The number of carbonyl (C=O) groups is 1. The molecule has 1 unspecified atom stereocenters. The van der Waals surface area contributed by atoms with Crippen molar-refractivity contribution in [2.24, 2.45) is 0 Å². The third-order valence-electron chi connectivity index (χ3n) is 1.53. The van der Waals surface area contributed by atoms with Crippen LogP contribution in [0.3, 0.4) is 0 Å². The largest absolute Gasteiger partial charge is 0.480 e. The Kier molecular flexibility index (Phi) is 3.88. The lowest BCUT2D eigenvalue weighted by molar-refractivity contribution is -0.136. The number of hydrogen-bond donors (Lipinski definition) is 1. The number of aliphatic carboxylic acids is 1. The number of halogens is 1. The minimum atomic E-state index is -0.862. The SMILES string of the molecule is Cc1nc(SC(C)C(=O)O)ncc1Br. The van der Waals surface area contributed by atoms with Crippen LogP contribution < -0.4 is 0 Å². The second-order valence-electron chi connectivity index (χ2n) is 2.68. The molecule has 0 saturated heterocycles. The fourth-order valence-electron chi connectivity index (χ4n) is 0.696. The predicted molar refractivity (Wildman–Crippen MR) is 57.4 cm³/mol. The summed E-state index contributed by atoms with van der Waals surface area (Å²) in [5.41, 5.74) is 0.806. The highest BCUT2D eigenvalue weighted by Crippen LogP contribution is 2.21. The van der Waals surface area contributed by atoms with E-state index in [1.54, 1.807) is 13.1 Å². The van der Waals surface area contributed by atoms with Crippen LogP contribution >= 0.6 is 27.7 Å². The van der Waals surface area contributed by atoms with Crippen molar-refractivity contribution >= 4 is 33.7 Å². The van der Waals surface area contributed by atoms with Crippen LogP contribution in [0.5, 0.6) is 0 Å². The van der Waals surface area contributed by atoms with Crippen LogP contribution in [0.25, 0.3) is 0 Å². The molecule has 0 saturated carbocycles. The van der Waals surface area contributed by atoms with Crippen LogP contribution in [-0.2, 0) is 4.79 Å². The maximum Gasteiger partial charge on any atom is 0.316 e. The monoisotopic (exact) mass is 276 g/mol. The average Bonchev–Trinajstić information content (AvgIpc) is 2.11. The van der Waals surface area contributed by atoms with E-state index in [2.05, 4.69) is 25.9 Å². The number of rotatable bonds is 3. The minimum absolute atomic E-state index is 0.487. The van der Waals surface area contributed by atoms with Crippen molar-refractivity contribution in [3.05, 3.63) is 16.4 Å². The molecule has 1 aromatic heterocycles. The second-order valence-corrected chi connectivity index (χ2v) is 4.85. The minimum Gasteiger partial charge on any atom is -0.480 e. The third kappa shape index (κ3) is 2.95. The lowest BCUT2D eigenvalue weighted by Gasteiger charge is -2.05. The van der Waals surface area contributed by atoms with E-state index in [9.17, 15) is 4.79 Å². The van der Waals surface area contributed by atoms with Gasteiger partial charge in [0, 0.05) is 6.20 Å². The van der Waals surface area contributed by atoms with Gasteiger partial charge in [-0.05, 0) is 29.8 Å². The molecule has 6 heteroatoms. The van der Waals surface area contributed by atoms with Crippen LogP contribution in [0, 0.1) is 6.92 Å². The van der Waals surface area contributed by atoms with Gasteiger partial charge < -0.3 is 5.11 Å². The van der Waals surface area contributed by atoms with Gasteiger partial charge in [-0.15, -0.1) is 0 Å². The summed E-state index contributed by atoms with van der Waals surface area (Å²) in [7, 11) is 0. The first kappa shape index (κ1) is 11.5. The van der Waals surface area contributed by atoms with E-state index in [-0.39, 0.29) is 0 Å². The van der Waals surface area contributed by atoms with Crippen molar-refractivity contribution in [2.45, 2.75) is 24.3 Å². The van der Waals surface area contributed by atoms with Crippen molar-refractivity contribution in [3.8, 4) is 0 Å². The average molecular weight is 277 g/mol. The zero-order valence-corrected chi connectivity index (χ0v) is 10.1. The molecule has 0 aliphatic heterocycles. The van der Waals surface area contributed by atoms with Gasteiger partial charge in [-0.25, -0.2) is 9.97 Å². The normalized spacial score (nSPS) is 12.5. The summed E-state index contributed by atoms with van der Waals surface area (Å²) < 4.78 is 0.824. The number of aryl methyl sites for hydroxylation is 1. The van der Waals surface area contributed by atoms with Crippen molar-refractivity contribution in [3.63, 3.8) is 0 Å². The third-order valence-corrected chi connectivity index (χ3v) is 3.27. The number of hydrogen-bond acceptors (Lipinski definition) is 4. The highest BCUT2D eigenvalue weighted by atomic mass is 79.9. The summed E-state index contributed by atoms with van der Waals surface area (Å²) >= 11 is 4.41. The standard InChI is InChI=1S/C8H9BrN2O2S/c1-4-6(9)3-10-8(11-4)14-5(2)7(12)13/h3,5H,1-2H3,(H,12,13). The maximum atomic E-state index is 10.6. The highest BCUT2D eigenvalue weighted by Gasteiger charge is 2.14. The topological polar surface area (TPSA) is 63.1 Å². The Bertz CT molecular complexity index is 359.